The van der Waals surface area contributed by atoms with Crippen LogP contribution in [0.1, 0.15) is 62.3 Å². The third-order valence-electron chi connectivity index (χ3n) is 5.01. The van der Waals surface area contributed by atoms with E-state index in [0.29, 0.717) is 23.7 Å². The molecule has 136 valence electrons. The minimum atomic E-state index is -0.653. The maximum atomic E-state index is 13.2. The van der Waals surface area contributed by atoms with E-state index in [1.165, 1.54) is 9.44 Å². The fourth-order valence-corrected chi connectivity index (χ4v) is 4.92. The van der Waals surface area contributed by atoms with Crippen molar-refractivity contribution in [1.29, 1.82) is 0 Å². The summed E-state index contributed by atoms with van der Waals surface area (Å²) in [6.45, 7) is 8.20. The molecule has 2 atom stereocenters. The van der Waals surface area contributed by atoms with Crippen molar-refractivity contribution in [1.82, 2.24) is 9.55 Å². The van der Waals surface area contributed by atoms with Crippen LogP contribution in [0, 0.1) is 12.8 Å². The molecule has 0 saturated carbocycles. The molecule has 0 aromatic carbocycles. The Morgan fingerprint density at radius 2 is 2.24 bits per heavy atom. The summed E-state index contributed by atoms with van der Waals surface area (Å²) in [4.78, 5) is 32.2. The first-order chi connectivity index (χ1) is 11.9. The van der Waals surface area contributed by atoms with Gasteiger partial charge in [0.2, 0.25) is 0 Å². The summed E-state index contributed by atoms with van der Waals surface area (Å²) in [6.07, 6.45) is 4.84. The van der Waals surface area contributed by atoms with Gasteiger partial charge in [-0.25, -0.2) is 9.78 Å². The van der Waals surface area contributed by atoms with Crippen LogP contribution in [0.4, 0.5) is 0 Å². The highest BCUT2D eigenvalue weighted by Gasteiger charge is 2.27. The number of esters is 1. The number of aryl methyl sites for hydroxylation is 2. The van der Waals surface area contributed by atoms with Gasteiger partial charge in [0.15, 0.2) is 0 Å². The maximum absolute atomic E-state index is 13.2. The van der Waals surface area contributed by atoms with Crippen LogP contribution in [0.3, 0.4) is 0 Å². The van der Waals surface area contributed by atoms with E-state index in [1.54, 1.807) is 25.2 Å². The second-order valence-corrected chi connectivity index (χ2v) is 8.15. The summed E-state index contributed by atoms with van der Waals surface area (Å²) in [5, 5.41) is 0.714. The van der Waals surface area contributed by atoms with E-state index in [1.807, 2.05) is 6.92 Å². The van der Waals surface area contributed by atoms with Crippen LogP contribution in [0.5, 0.6) is 0 Å². The topological polar surface area (TPSA) is 61.2 Å². The summed E-state index contributed by atoms with van der Waals surface area (Å²) in [6, 6.07) is -0.653. The maximum Gasteiger partial charge on any atom is 0.329 e. The molecular formula is C19H26N2O3S. The van der Waals surface area contributed by atoms with Crippen molar-refractivity contribution in [3.8, 4) is 0 Å². The highest BCUT2D eigenvalue weighted by atomic mass is 32.1. The number of thiophene rings is 1. The highest BCUT2D eigenvalue weighted by molar-refractivity contribution is 7.18. The molecule has 0 fully saturated rings. The number of unbranched alkanes of at least 4 members (excludes halogenated alkanes) is 1. The summed E-state index contributed by atoms with van der Waals surface area (Å²) < 4.78 is 6.81. The van der Waals surface area contributed by atoms with Gasteiger partial charge >= 0.3 is 5.97 Å². The second kappa shape index (κ2) is 7.28. The van der Waals surface area contributed by atoms with Gasteiger partial charge in [-0.2, -0.15) is 0 Å². The summed E-state index contributed by atoms with van der Waals surface area (Å²) in [5.74, 6) is 0.859. The molecule has 2 unspecified atom stereocenters. The van der Waals surface area contributed by atoms with Gasteiger partial charge in [0.25, 0.3) is 5.56 Å². The van der Waals surface area contributed by atoms with Gasteiger partial charge in [-0.3, -0.25) is 9.36 Å². The Morgan fingerprint density at radius 1 is 1.48 bits per heavy atom. The quantitative estimate of drug-likeness (QED) is 0.600. The summed E-state index contributed by atoms with van der Waals surface area (Å²) >= 11 is 1.64. The van der Waals surface area contributed by atoms with Crippen LogP contribution in [0.25, 0.3) is 10.2 Å². The average Bonchev–Trinajstić information content (AvgIpc) is 2.91. The largest absolute Gasteiger partial charge is 0.464 e. The molecule has 0 saturated heterocycles. The molecular weight excluding hydrogens is 336 g/mol. The SMILES string of the molecule is CCCCOC(=O)C(C)n1c(C)nc2sc3c(c2c1=O)CCC(C)C3. The third kappa shape index (κ3) is 3.36. The molecule has 0 spiro atoms. The Morgan fingerprint density at radius 3 is 2.96 bits per heavy atom. The van der Waals surface area contributed by atoms with Crippen molar-refractivity contribution < 1.29 is 9.53 Å². The normalized spacial score (nSPS) is 18.2. The van der Waals surface area contributed by atoms with Gasteiger partial charge in [0, 0.05) is 4.88 Å². The zero-order valence-corrected chi connectivity index (χ0v) is 16.2. The van der Waals surface area contributed by atoms with E-state index in [-0.39, 0.29) is 11.5 Å². The number of carbonyl (C=O) groups is 1. The van der Waals surface area contributed by atoms with Crippen LogP contribution in [0.2, 0.25) is 0 Å². The second-order valence-electron chi connectivity index (χ2n) is 7.06. The predicted octanol–water partition coefficient (Wildman–Crippen LogP) is 3.80. The number of nitrogens with zero attached hydrogens (tertiary/aromatic N) is 2. The number of carbonyl (C=O) groups excluding carboxylic acids is 1. The Bertz CT molecular complexity index is 852. The monoisotopic (exact) mass is 362 g/mol. The number of ether oxygens (including phenoxy) is 1. The Hall–Kier alpha value is -1.69. The van der Waals surface area contributed by atoms with Gasteiger partial charge in [-0.1, -0.05) is 20.3 Å². The molecule has 0 amide bonds. The van der Waals surface area contributed by atoms with E-state index >= 15 is 0 Å². The van der Waals surface area contributed by atoms with Crippen LogP contribution in [0.15, 0.2) is 4.79 Å². The molecule has 0 radical (unpaired) electrons. The van der Waals surface area contributed by atoms with Crippen LogP contribution < -0.4 is 5.56 Å². The number of hydrogen-bond donors (Lipinski definition) is 0. The van der Waals surface area contributed by atoms with Crippen molar-refractivity contribution in [2.24, 2.45) is 5.92 Å². The molecule has 1 aliphatic rings. The van der Waals surface area contributed by atoms with E-state index in [4.69, 9.17) is 4.74 Å². The van der Waals surface area contributed by atoms with E-state index < -0.39 is 6.04 Å². The van der Waals surface area contributed by atoms with Crippen molar-refractivity contribution in [2.75, 3.05) is 6.61 Å². The number of aromatic nitrogens is 2. The third-order valence-corrected chi connectivity index (χ3v) is 6.16. The number of hydrogen-bond acceptors (Lipinski definition) is 5. The van der Waals surface area contributed by atoms with Gasteiger partial charge in [0.1, 0.15) is 16.7 Å². The standard InChI is InChI=1S/C19H26N2O3S/c1-5-6-9-24-19(23)12(3)21-13(4)20-17-16(18(21)22)14-8-7-11(2)10-15(14)25-17/h11-12H,5-10H2,1-4H3. The van der Waals surface area contributed by atoms with Crippen molar-refractivity contribution >= 4 is 27.5 Å². The lowest BCUT2D eigenvalue weighted by molar-refractivity contribution is -0.147. The summed E-state index contributed by atoms with van der Waals surface area (Å²) in [7, 11) is 0. The first kappa shape index (κ1) is 18.1. The van der Waals surface area contributed by atoms with Gasteiger partial charge in [-0.15, -0.1) is 11.3 Å². The Balaban J connectivity index is 2.01. The fourth-order valence-electron chi connectivity index (χ4n) is 3.50. The molecule has 0 bridgehead atoms. The minimum absolute atomic E-state index is 0.102. The fraction of sp³-hybridized carbons (Fsp3) is 0.632. The molecule has 0 N–H and O–H groups in total. The van der Waals surface area contributed by atoms with E-state index in [0.717, 1.165) is 42.5 Å². The molecule has 2 aromatic rings. The van der Waals surface area contributed by atoms with Gasteiger partial charge < -0.3 is 4.74 Å². The molecule has 5 nitrogen and oxygen atoms in total. The van der Waals surface area contributed by atoms with Crippen molar-refractivity contribution in [2.45, 2.75) is 65.8 Å². The molecule has 2 heterocycles. The molecule has 2 aromatic heterocycles. The Kier molecular flexibility index (Phi) is 5.27. The van der Waals surface area contributed by atoms with Crippen LogP contribution in [-0.4, -0.2) is 22.1 Å². The van der Waals surface area contributed by atoms with Crippen LogP contribution >= 0.6 is 11.3 Å². The lowest BCUT2D eigenvalue weighted by Crippen LogP contribution is -2.32. The number of fused-ring (bicyclic) bond motifs is 3. The predicted molar refractivity (Wildman–Crippen MR) is 100 cm³/mol. The first-order valence-corrected chi connectivity index (χ1v) is 9.95. The lowest BCUT2D eigenvalue weighted by Gasteiger charge is -2.19. The lowest BCUT2D eigenvalue weighted by atomic mass is 9.89. The highest BCUT2D eigenvalue weighted by Crippen LogP contribution is 2.36. The van der Waals surface area contributed by atoms with E-state index in [9.17, 15) is 9.59 Å². The zero-order valence-electron chi connectivity index (χ0n) is 15.4. The van der Waals surface area contributed by atoms with Crippen molar-refractivity contribution in [3.63, 3.8) is 0 Å². The molecule has 6 heteroatoms. The molecule has 25 heavy (non-hydrogen) atoms. The molecule has 0 aliphatic heterocycles. The van der Waals surface area contributed by atoms with Crippen LogP contribution in [-0.2, 0) is 22.4 Å². The zero-order chi connectivity index (χ0) is 18.1. The smallest absolute Gasteiger partial charge is 0.329 e. The van der Waals surface area contributed by atoms with E-state index in [2.05, 4.69) is 11.9 Å². The Labute approximate surface area is 152 Å². The van der Waals surface area contributed by atoms with Gasteiger partial charge in [-0.05, 0) is 51.0 Å². The van der Waals surface area contributed by atoms with Crippen molar-refractivity contribution in [3.05, 3.63) is 26.6 Å². The molecule has 3 rings (SSSR count). The summed E-state index contributed by atoms with van der Waals surface area (Å²) in [5.41, 5.74) is 1.05. The van der Waals surface area contributed by atoms with Gasteiger partial charge in [0.05, 0.1) is 12.0 Å². The molecule has 1 aliphatic carbocycles. The first-order valence-electron chi connectivity index (χ1n) is 9.14. The minimum Gasteiger partial charge on any atom is -0.464 e. The number of rotatable bonds is 5. The average molecular weight is 362 g/mol.